The van der Waals surface area contributed by atoms with Crippen molar-refractivity contribution in [1.29, 1.82) is 0 Å². The van der Waals surface area contributed by atoms with Gasteiger partial charge in [-0.25, -0.2) is 0 Å². The highest BCUT2D eigenvalue weighted by molar-refractivity contribution is 6.21. The Morgan fingerprint density at radius 3 is 1.58 bits per heavy atom. The molecule has 10 aromatic carbocycles. The number of para-hydroxylation sites is 2. The molecule has 0 amide bonds. The van der Waals surface area contributed by atoms with Gasteiger partial charge in [0.05, 0.1) is 0 Å². The molecule has 0 saturated heterocycles. The van der Waals surface area contributed by atoms with Crippen molar-refractivity contribution in [1.82, 2.24) is 0 Å². The number of rotatable bonds is 5. The minimum atomic E-state index is -0.330. The van der Waals surface area contributed by atoms with Crippen molar-refractivity contribution in [2.45, 2.75) is 64.7 Å². The summed E-state index contributed by atoms with van der Waals surface area (Å²) in [4.78, 5) is 2.48. The van der Waals surface area contributed by atoms with E-state index >= 15 is 0 Å². The molecule has 12 aromatic rings. The lowest BCUT2D eigenvalue weighted by molar-refractivity contribution is 0.600. The Labute approximate surface area is 426 Å². The summed E-state index contributed by atoms with van der Waals surface area (Å²) in [6.07, 6.45) is 0. The van der Waals surface area contributed by atoms with E-state index in [0.717, 1.165) is 55.9 Å². The van der Waals surface area contributed by atoms with Gasteiger partial charge in [-0.15, -0.1) is 0 Å². The molecular formula is C70H53NO2. The molecule has 0 fully saturated rings. The Bertz CT molecular complexity index is 4350. The first-order valence-corrected chi connectivity index (χ1v) is 25.8. The molecule has 73 heavy (non-hydrogen) atoms. The number of furan rings is 2. The molecule has 0 unspecified atom stereocenters. The molecule has 2 aromatic heterocycles. The number of nitrogens with zero attached hydrogens (tertiary/aromatic N) is 1. The highest BCUT2D eigenvalue weighted by atomic mass is 16.3. The van der Waals surface area contributed by atoms with Gasteiger partial charge in [0.2, 0.25) is 0 Å². The molecular weight excluding hydrogens is 887 g/mol. The van der Waals surface area contributed by atoms with Gasteiger partial charge >= 0.3 is 0 Å². The summed E-state index contributed by atoms with van der Waals surface area (Å²) in [6, 6.07) is 71.7. The van der Waals surface area contributed by atoms with E-state index in [1.54, 1.807) is 0 Å². The third-order valence-corrected chi connectivity index (χ3v) is 17.2. The topological polar surface area (TPSA) is 29.5 Å². The van der Waals surface area contributed by atoms with Crippen molar-refractivity contribution >= 4 is 60.9 Å². The molecule has 15 rings (SSSR count). The minimum absolute atomic E-state index is 0.227. The summed E-state index contributed by atoms with van der Waals surface area (Å²) >= 11 is 0. The zero-order chi connectivity index (χ0) is 49.3. The highest BCUT2D eigenvalue weighted by Crippen LogP contribution is 2.64. The van der Waals surface area contributed by atoms with Gasteiger partial charge in [-0.2, -0.15) is 0 Å². The van der Waals surface area contributed by atoms with Crippen molar-refractivity contribution in [2.24, 2.45) is 0 Å². The molecule has 3 aliphatic rings. The van der Waals surface area contributed by atoms with Gasteiger partial charge in [-0.05, 0) is 145 Å². The lowest BCUT2D eigenvalue weighted by Crippen LogP contribution is -2.24. The number of hydrogen-bond donors (Lipinski definition) is 0. The van der Waals surface area contributed by atoms with Crippen molar-refractivity contribution in [3.8, 4) is 55.6 Å². The Kier molecular flexibility index (Phi) is 8.47. The lowest BCUT2D eigenvalue weighted by atomic mass is 9.72. The molecule has 3 aliphatic carbocycles. The predicted octanol–water partition coefficient (Wildman–Crippen LogP) is 19.5. The fourth-order valence-electron chi connectivity index (χ4n) is 13.7. The predicted molar refractivity (Wildman–Crippen MR) is 304 cm³/mol. The lowest BCUT2D eigenvalue weighted by Gasteiger charge is -2.32. The highest BCUT2D eigenvalue weighted by Gasteiger charge is 2.49. The number of fused-ring (bicyclic) bond motifs is 19. The van der Waals surface area contributed by atoms with Crippen LogP contribution in [0.3, 0.4) is 0 Å². The average molecular weight is 940 g/mol. The summed E-state index contributed by atoms with van der Waals surface area (Å²) in [5.41, 5.74) is 27.9. The van der Waals surface area contributed by atoms with Crippen molar-refractivity contribution in [3.05, 3.63) is 233 Å². The second-order valence-corrected chi connectivity index (χ2v) is 22.4. The van der Waals surface area contributed by atoms with Crippen LogP contribution in [0, 0.1) is 6.92 Å². The van der Waals surface area contributed by atoms with E-state index in [-0.39, 0.29) is 16.2 Å². The largest absolute Gasteiger partial charge is 0.455 e. The van der Waals surface area contributed by atoms with Crippen molar-refractivity contribution in [3.63, 3.8) is 0 Å². The van der Waals surface area contributed by atoms with Crippen LogP contribution in [0.5, 0.6) is 0 Å². The summed E-state index contributed by atoms with van der Waals surface area (Å²) in [6.45, 7) is 16.7. The Morgan fingerprint density at radius 1 is 0.342 bits per heavy atom. The minimum Gasteiger partial charge on any atom is -0.455 e. The van der Waals surface area contributed by atoms with Crippen LogP contribution in [-0.2, 0) is 16.2 Å². The summed E-state index contributed by atoms with van der Waals surface area (Å²) in [5.74, 6) is 0. The summed E-state index contributed by atoms with van der Waals surface area (Å²) in [5, 5.41) is 4.71. The monoisotopic (exact) mass is 939 g/mol. The van der Waals surface area contributed by atoms with Gasteiger partial charge in [0.25, 0.3) is 0 Å². The van der Waals surface area contributed by atoms with Crippen LogP contribution in [0.4, 0.5) is 17.1 Å². The maximum absolute atomic E-state index is 6.99. The van der Waals surface area contributed by atoms with E-state index in [0.29, 0.717) is 0 Å². The normalized spacial score (nSPS) is 15.1. The van der Waals surface area contributed by atoms with E-state index in [4.69, 9.17) is 8.83 Å². The van der Waals surface area contributed by atoms with Crippen LogP contribution in [0.2, 0.25) is 0 Å². The zero-order valence-corrected chi connectivity index (χ0v) is 42.2. The van der Waals surface area contributed by atoms with Gasteiger partial charge in [-0.1, -0.05) is 181 Å². The number of aryl methyl sites for hydroxylation is 1. The van der Waals surface area contributed by atoms with E-state index in [9.17, 15) is 0 Å². The SMILES string of the molecule is Cc1ccc(N(c2ccc3c(c2)C(C)(C)c2cc(-c4cccc(-c5ccccc5)c4)c4oc5ccccc5c4c2-3)c2ccc3c(c2)C(C)(C)c2c4c(c5oc6ccccc6c5c2-3)-c2ccccc2C4(C)C)cc1. The summed E-state index contributed by atoms with van der Waals surface area (Å²) < 4.78 is 13.9. The number of benzene rings is 10. The van der Waals surface area contributed by atoms with E-state index < -0.39 is 0 Å². The molecule has 0 atom stereocenters. The molecule has 0 aliphatic heterocycles. The van der Waals surface area contributed by atoms with Gasteiger partial charge in [0.15, 0.2) is 0 Å². The van der Waals surface area contributed by atoms with Crippen LogP contribution in [0.25, 0.3) is 99.5 Å². The molecule has 0 bridgehead atoms. The maximum atomic E-state index is 6.99. The average Bonchev–Trinajstić information content (AvgIpc) is 4.18. The van der Waals surface area contributed by atoms with Crippen LogP contribution in [0.1, 0.15) is 80.5 Å². The van der Waals surface area contributed by atoms with E-state index in [1.807, 2.05) is 0 Å². The van der Waals surface area contributed by atoms with Gasteiger partial charge in [0.1, 0.15) is 22.3 Å². The molecule has 0 saturated carbocycles. The van der Waals surface area contributed by atoms with Crippen molar-refractivity contribution in [2.75, 3.05) is 4.90 Å². The second-order valence-electron chi connectivity index (χ2n) is 22.4. The fourth-order valence-corrected chi connectivity index (χ4v) is 13.7. The standard InChI is InChI=1S/C70H53NO2/c1-40-28-30-44(31-29-40)71(46-33-35-49-55(38-46)70(6,7)64-60(49)62-51-24-13-16-27-58(51)73-67(62)63-47-22-11-14-25-53(47)69(4,5)65(63)64)45-32-34-48-54(37-45)68(2,3)56-39-52(43-21-17-20-42(36-43)41-18-9-8-10-19-41)66-61(59(48)56)50-23-12-15-26-57(50)72-66/h8-39H,1-7H3. The molecule has 3 heteroatoms. The Morgan fingerprint density at radius 2 is 0.863 bits per heavy atom. The summed E-state index contributed by atoms with van der Waals surface area (Å²) in [7, 11) is 0. The van der Waals surface area contributed by atoms with Crippen LogP contribution >= 0.6 is 0 Å². The van der Waals surface area contributed by atoms with E-state index in [2.05, 4.69) is 247 Å². The van der Waals surface area contributed by atoms with Crippen LogP contribution in [0.15, 0.2) is 203 Å². The maximum Gasteiger partial charge on any atom is 0.144 e. The molecule has 0 radical (unpaired) electrons. The molecule has 0 N–H and O–H groups in total. The van der Waals surface area contributed by atoms with Gasteiger partial charge in [-0.3, -0.25) is 0 Å². The smallest absolute Gasteiger partial charge is 0.144 e. The van der Waals surface area contributed by atoms with E-state index in [1.165, 1.54) is 99.6 Å². The second kappa shape index (κ2) is 14.6. The van der Waals surface area contributed by atoms with Gasteiger partial charge < -0.3 is 13.7 Å². The third kappa shape index (κ3) is 5.65. The van der Waals surface area contributed by atoms with Gasteiger partial charge in [0, 0.05) is 66.0 Å². The first-order chi connectivity index (χ1) is 35.4. The van der Waals surface area contributed by atoms with Crippen LogP contribution < -0.4 is 4.90 Å². The zero-order valence-electron chi connectivity index (χ0n) is 42.2. The van der Waals surface area contributed by atoms with Crippen LogP contribution in [-0.4, -0.2) is 0 Å². The Balaban J connectivity index is 0.926. The number of anilines is 3. The fraction of sp³-hybridized carbons (Fsp3) is 0.143. The van der Waals surface area contributed by atoms with Crippen molar-refractivity contribution < 1.29 is 8.83 Å². The molecule has 2 heterocycles. The third-order valence-electron chi connectivity index (χ3n) is 17.2. The quantitative estimate of drug-likeness (QED) is 0.172. The molecule has 350 valence electrons. The number of hydrogen-bond acceptors (Lipinski definition) is 3. The molecule has 0 spiro atoms. The first kappa shape index (κ1) is 42.3. The Hall–Kier alpha value is -8.40. The first-order valence-electron chi connectivity index (χ1n) is 25.8. The molecule has 3 nitrogen and oxygen atoms in total.